The van der Waals surface area contributed by atoms with Crippen LogP contribution < -0.4 is 0 Å². The number of hydrogen-bond donors (Lipinski definition) is 0. The Balaban J connectivity index is 2.40. The van der Waals surface area contributed by atoms with Crippen LogP contribution in [0, 0.1) is 5.82 Å². The van der Waals surface area contributed by atoms with E-state index in [1.54, 1.807) is 12.1 Å². The molecular formula is C10H8FN3O. The predicted octanol–water partition coefficient (Wildman–Crippen LogP) is 1.15. The van der Waals surface area contributed by atoms with Crippen molar-refractivity contribution >= 4 is 6.29 Å². The molecule has 0 saturated carbocycles. The van der Waals surface area contributed by atoms with Gasteiger partial charge in [0.05, 0.1) is 17.6 Å². The van der Waals surface area contributed by atoms with Crippen molar-refractivity contribution < 1.29 is 9.18 Å². The first-order valence-electron chi connectivity index (χ1n) is 4.40. The van der Waals surface area contributed by atoms with Crippen molar-refractivity contribution in [2.24, 2.45) is 0 Å². The molecule has 5 heteroatoms. The second-order valence-electron chi connectivity index (χ2n) is 2.98. The largest absolute Gasteiger partial charge is 0.303 e. The fourth-order valence-corrected chi connectivity index (χ4v) is 1.28. The molecule has 2 rings (SSSR count). The molecule has 0 aliphatic carbocycles. The van der Waals surface area contributed by atoms with Crippen LogP contribution in [0.25, 0.3) is 5.69 Å². The monoisotopic (exact) mass is 205 g/mol. The van der Waals surface area contributed by atoms with Gasteiger partial charge in [0.2, 0.25) is 0 Å². The van der Waals surface area contributed by atoms with E-state index in [0.29, 0.717) is 11.4 Å². The summed E-state index contributed by atoms with van der Waals surface area (Å²) in [5.41, 5.74) is 1.36. The smallest absolute Gasteiger partial charge is 0.126 e. The standard InChI is InChI=1S/C10H8FN3O/c11-8-1-3-9(4-2-8)14-10(5-6-15)7-12-13-14/h1-4,6-7H,5H2. The topological polar surface area (TPSA) is 47.8 Å². The number of halogens is 1. The summed E-state index contributed by atoms with van der Waals surface area (Å²) in [6.07, 6.45) is 2.53. The highest BCUT2D eigenvalue weighted by atomic mass is 19.1. The van der Waals surface area contributed by atoms with Crippen molar-refractivity contribution in [2.75, 3.05) is 0 Å². The Hall–Kier alpha value is -2.04. The first-order chi connectivity index (χ1) is 7.31. The van der Waals surface area contributed by atoms with E-state index in [1.807, 2.05) is 0 Å². The number of aldehydes is 1. The lowest BCUT2D eigenvalue weighted by Gasteiger charge is -2.02. The Morgan fingerprint density at radius 3 is 2.73 bits per heavy atom. The zero-order valence-electron chi connectivity index (χ0n) is 7.80. The van der Waals surface area contributed by atoms with Gasteiger partial charge >= 0.3 is 0 Å². The fourth-order valence-electron chi connectivity index (χ4n) is 1.28. The lowest BCUT2D eigenvalue weighted by atomic mass is 10.3. The van der Waals surface area contributed by atoms with Crippen LogP contribution in [-0.2, 0) is 11.2 Å². The van der Waals surface area contributed by atoms with E-state index < -0.39 is 0 Å². The maximum atomic E-state index is 12.7. The average molecular weight is 205 g/mol. The summed E-state index contributed by atoms with van der Waals surface area (Å²) >= 11 is 0. The molecule has 1 heterocycles. The highest BCUT2D eigenvalue weighted by molar-refractivity contribution is 5.54. The van der Waals surface area contributed by atoms with Gasteiger partial charge in [0.1, 0.15) is 12.1 Å². The summed E-state index contributed by atoms with van der Waals surface area (Å²) in [6, 6.07) is 5.83. The molecule has 0 bridgehead atoms. The van der Waals surface area contributed by atoms with E-state index in [-0.39, 0.29) is 12.2 Å². The van der Waals surface area contributed by atoms with Gasteiger partial charge in [0.25, 0.3) is 0 Å². The van der Waals surface area contributed by atoms with Crippen molar-refractivity contribution in [2.45, 2.75) is 6.42 Å². The first-order valence-corrected chi connectivity index (χ1v) is 4.40. The third-order valence-corrected chi connectivity index (χ3v) is 1.98. The molecule has 1 aromatic carbocycles. The molecule has 76 valence electrons. The molecule has 0 aliphatic rings. The zero-order valence-corrected chi connectivity index (χ0v) is 7.80. The van der Waals surface area contributed by atoms with Gasteiger partial charge in [0, 0.05) is 6.42 Å². The van der Waals surface area contributed by atoms with Crippen molar-refractivity contribution in [3.8, 4) is 5.69 Å². The fraction of sp³-hybridized carbons (Fsp3) is 0.100. The number of nitrogens with zero attached hydrogens (tertiary/aromatic N) is 3. The minimum Gasteiger partial charge on any atom is -0.303 e. The number of benzene rings is 1. The minimum absolute atomic E-state index is 0.240. The second kappa shape index (κ2) is 4.00. The summed E-state index contributed by atoms with van der Waals surface area (Å²) in [5.74, 6) is -0.309. The number of rotatable bonds is 3. The van der Waals surface area contributed by atoms with E-state index in [9.17, 15) is 9.18 Å². The van der Waals surface area contributed by atoms with Gasteiger partial charge in [-0.3, -0.25) is 0 Å². The number of aromatic nitrogens is 3. The van der Waals surface area contributed by atoms with Gasteiger partial charge in [-0.1, -0.05) is 5.21 Å². The van der Waals surface area contributed by atoms with Crippen LogP contribution in [0.15, 0.2) is 30.5 Å². The third-order valence-electron chi connectivity index (χ3n) is 1.98. The summed E-state index contributed by atoms with van der Waals surface area (Å²) in [7, 11) is 0. The van der Waals surface area contributed by atoms with Gasteiger partial charge in [-0.2, -0.15) is 0 Å². The summed E-state index contributed by atoms with van der Waals surface area (Å²) in [5, 5.41) is 7.52. The highest BCUT2D eigenvalue weighted by Crippen LogP contribution is 2.10. The van der Waals surface area contributed by atoms with Crippen molar-refractivity contribution in [3.63, 3.8) is 0 Å². The van der Waals surface area contributed by atoms with E-state index in [2.05, 4.69) is 10.3 Å². The van der Waals surface area contributed by atoms with Crippen LogP contribution in [0.5, 0.6) is 0 Å². The Labute approximate surface area is 85.3 Å². The SMILES string of the molecule is O=CCc1cnnn1-c1ccc(F)cc1. The normalized spacial score (nSPS) is 10.2. The number of hydrogen-bond acceptors (Lipinski definition) is 3. The molecule has 0 atom stereocenters. The van der Waals surface area contributed by atoms with Crippen LogP contribution in [0.2, 0.25) is 0 Å². The summed E-state index contributed by atoms with van der Waals surface area (Å²) < 4.78 is 14.2. The average Bonchev–Trinajstić information content (AvgIpc) is 2.68. The van der Waals surface area contributed by atoms with Gasteiger partial charge in [0.15, 0.2) is 0 Å². The van der Waals surface area contributed by atoms with Crippen LogP contribution in [-0.4, -0.2) is 21.3 Å². The third kappa shape index (κ3) is 1.90. The molecule has 0 aliphatic heterocycles. The molecule has 0 unspecified atom stereocenters. The Morgan fingerprint density at radius 1 is 1.33 bits per heavy atom. The van der Waals surface area contributed by atoms with Crippen LogP contribution >= 0.6 is 0 Å². The molecule has 15 heavy (non-hydrogen) atoms. The van der Waals surface area contributed by atoms with Gasteiger partial charge in [-0.05, 0) is 24.3 Å². The maximum absolute atomic E-state index is 12.7. The number of carbonyl (C=O) groups excluding carboxylic acids is 1. The van der Waals surface area contributed by atoms with Gasteiger partial charge < -0.3 is 4.79 Å². The van der Waals surface area contributed by atoms with E-state index in [1.165, 1.54) is 23.0 Å². The molecule has 4 nitrogen and oxygen atoms in total. The maximum Gasteiger partial charge on any atom is 0.126 e. The van der Waals surface area contributed by atoms with E-state index in [4.69, 9.17) is 0 Å². The van der Waals surface area contributed by atoms with Gasteiger partial charge in [-0.15, -0.1) is 5.10 Å². The molecule has 0 saturated heterocycles. The molecule has 0 fully saturated rings. The summed E-state index contributed by atoms with van der Waals surface area (Å²) in [6.45, 7) is 0. The van der Waals surface area contributed by atoms with Crippen molar-refractivity contribution in [3.05, 3.63) is 42.0 Å². The van der Waals surface area contributed by atoms with Crippen LogP contribution in [0.1, 0.15) is 5.69 Å². The highest BCUT2D eigenvalue weighted by Gasteiger charge is 2.05. The summed E-state index contributed by atoms with van der Waals surface area (Å²) in [4.78, 5) is 10.4. The van der Waals surface area contributed by atoms with E-state index in [0.717, 1.165) is 6.29 Å². The van der Waals surface area contributed by atoms with Crippen LogP contribution in [0.4, 0.5) is 4.39 Å². The second-order valence-corrected chi connectivity index (χ2v) is 2.98. The molecular weight excluding hydrogens is 197 g/mol. The minimum atomic E-state index is -0.309. The Bertz CT molecular complexity index is 464. The zero-order chi connectivity index (χ0) is 10.7. The van der Waals surface area contributed by atoms with Crippen LogP contribution in [0.3, 0.4) is 0 Å². The van der Waals surface area contributed by atoms with Crippen molar-refractivity contribution in [1.29, 1.82) is 0 Å². The quantitative estimate of drug-likeness (QED) is 0.706. The molecule has 0 radical (unpaired) electrons. The molecule has 1 aromatic heterocycles. The number of carbonyl (C=O) groups is 1. The first kappa shape index (κ1) is 9.51. The Morgan fingerprint density at radius 2 is 2.07 bits per heavy atom. The van der Waals surface area contributed by atoms with E-state index >= 15 is 0 Å². The van der Waals surface area contributed by atoms with Crippen molar-refractivity contribution in [1.82, 2.24) is 15.0 Å². The lowest BCUT2D eigenvalue weighted by molar-refractivity contribution is -0.107. The lowest BCUT2D eigenvalue weighted by Crippen LogP contribution is -2.02. The molecule has 0 amide bonds. The van der Waals surface area contributed by atoms with Gasteiger partial charge in [-0.25, -0.2) is 9.07 Å². The molecule has 2 aromatic rings. The predicted molar refractivity (Wildman–Crippen MR) is 51.1 cm³/mol. The molecule has 0 spiro atoms. The molecule has 0 N–H and O–H groups in total. The Kier molecular flexibility index (Phi) is 2.53.